The van der Waals surface area contributed by atoms with E-state index in [2.05, 4.69) is 19.9 Å². The molecule has 1 unspecified atom stereocenters. The van der Waals surface area contributed by atoms with Gasteiger partial charge in [0.1, 0.15) is 0 Å². The minimum atomic E-state index is 0.310. The van der Waals surface area contributed by atoms with Crippen molar-refractivity contribution in [3.05, 3.63) is 23.8 Å². The lowest BCUT2D eigenvalue weighted by atomic mass is 9.63. The summed E-state index contributed by atoms with van der Waals surface area (Å²) in [5, 5.41) is 0. The summed E-state index contributed by atoms with van der Waals surface area (Å²) in [6.45, 7) is 4.55. The second kappa shape index (κ2) is 2.83. The number of hydrogen-bond donors (Lipinski definition) is 0. The molecular weight excluding hydrogens is 160 g/mol. The molecule has 0 radical (unpaired) electrons. The number of carbonyl (C=O) groups is 1. The topological polar surface area (TPSA) is 17.1 Å². The summed E-state index contributed by atoms with van der Waals surface area (Å²) < 4.78 is 0. The van der Waals surface area contributed by atoms with Gasteiger partial charge in [0.05, 0.1) is 0 Å². The van der Waals surface area contributed by atoms with Crippen molar-refractivity contribution < 1.29 is 4.79 Å². The maximum absolute atomic E-state index is 11.6. The minimum absolute atomic E-state index is 0.310. The van der Waals surface area contributed by atoms with Crippen LogP contribution in [0.5, 0.6) is 0 Å². The molecule has 0 aliphatic heterocycles. The lowest BCUT2D eigenvalue weighted by Gasteiger charge is -2.40. The molecule has 1 nitrogen and oxygen atoms in total. The van der Waals surface area contributed by atoms with Gasteiger partial charge in [-0.1, -0.05) is 32.1 Å². The molecule has 0 spiro atoms. The smallest absolute Gasteiger partial charge is 0.159 e. The fourth-order valence-corrected chi connectivity index (χ4v) is 2.41. The normalized spacial score (nSPS) is 31.1. The van der Waals surface area contributed by atoms with Crippen molar-refractivity contribution in [2.75, 3.05) is 0 Å². The van der Waals surface area contributed by atoms with Crippen LogP contribution in [0, 0.1) is 11.3 Å². The number of Topliss-reactive ketones (excluding diaryl/α,β-unsaturated/α-hetero) is 1. The van der Waals surface area contributed by atoms with E-state index in [-0.39, 0.29) is 0 Å². The molecule has 0 amide bonds. The summed E-state index contributed by atoms with van der Waals surface area (Å²) in [6.07, 6.45) is 9.03. The minimum Gasteiger partial charge on any atom is -0.295 e. The van der Waals surface area contributed by atoms with Crippen molar-refractivity contribution in [3.63, 3.8) is 0 Å². The maximum atomic E-state index is 11.6. The van der Waals surface area contributed by atoms with E-state index in [4.69, 9.17) is 0 Å². The Morgan fingerprint density at radius 2 is 2.23 bits per heavy atom. The molecule has 0 aromatic heterocycles. The molecule has 2 aliphatic carbocycles. The summed E-state index contributed by atoms with van der Waals surface area (Å²) in [4.78, 5) is 11.6. The highest BCUT2D eigenvalue weighted by Gasteiger charge is 2.38. The number of allylic oxidation sites excluding steroid dienone is 4. The van der Waals surface area contributed by atoms with Crippen molar-refractivity contribution in [1.82, 2.24) is 0 Å². The molecule has 1 fully saturated rings. The first-order valence-electron chi connectivity index (χ1n) is 5.01. The first-order chi connectivity index (χ1) is 6.11. The van der Waals surface area contributed by atoms with Gasteiger partial charge in [0.15, 0.2) is 5.78 Å². The van der Waals surface area contributed by atoms with E-state index in [1.54, 1.807) is 0 Å². The number of carbonyl (C=O) groups excluding carboxylic acids is 1. The van der Waals surface area contributed by atoms with Gasteiger partial charge in [-0.05, 0) is 29.7 Å². The average Bonchev–Trinajstić information content (AvgIpc) is 2.13. The van der Waals surface area contributed by atoms with Gasteiger partial charge in [-0.25, -0.2) is 0 Å². The van der Waals surface area contributed by atoms with Gasteiger partial charge < -0.3 is 0 Å². The van der Waals surface area contributed by atoms with Gasteiger partial charge in [0.25, 0.3) is 0 Å². The highest BCUT2D eigenvalue weighted by atomic mass is 16.1. The van der Waals surface area contributed by atoms with E-state index in [1.807, 2.05) is 12.2 Å². The molecule has 0 bridgehead atoms. The van der Waals surface area contributed by atoms with E-state index < -0.39 is 0 Å². The summed E-state index contributed by atoms with van der Waals surface area (Å²) in [5.41, 5.74) is 1.38. The molecule has 13 heavy (non-hydrogen) atoms. The van der Waals surface area contributed by atoms with Crippen LogP contribution in [0.3, 0.4) is 0 Å². The molecule has 0 aromatic rings. The summed E-state index contributed by atoms with van der Waals surface area (Å²) in [5.74, 6) is 0.840. The summed E-state index contributed by atoms with van der Waals surface area (Å²) in [7, 11) is 0. The lowest BCUT2D eigenvalue weighted by molar-refractivity contribution is -0.119. The number of hydrogen-bond acceptors (Lipinski definition) is 1. The number of ketones is 1. The Morgan fingerprint density at radius 3 is 2.92 bits per heavy atom. The van der Waals surface area contributed by atoms with Crippen molar-refractivity contribution in [3.8, 4) is 0 Å². The van der Waals surface area contributed by atoms with Crippen LogP contribution in [-0.2, 0) is 4.79 Å². The van der Waals surface area contributed by atoms with Crippen LogP contribution >= 0.6 is 0 Å². The van der Waals surface area contributed by atoms with Crippen LogP contribution < -0.4 is 0 Å². The van der Waals surface area contributed by atoms with E-state index in [1.165, 1.54) is 0 Å². The SMILES string of the molecule is CC1(C)CCC(=O)C2=CC=CCC21. The Labute approximate surface area is 79.5 Å². The molecule has 70 valence electrons. The molecule has 0 saturated heterocycles. The second-order valence-electron chi connectivity index (χ2n) is 4.75. The molecule has 0 aromatic carbocycles. The van der Waals surface area contributed by atoms with Crippen LogP contribution in [0.25, 0.3) is 0 Å². The third kappa shape index (κ3) is 1.37. The highest BCUT2D eigenvalue weighted by Crippen LogP contribution is 2.45. The molecular formula is C12H16O. The monoisotopic (exact) mass is 176 g/mol. The molecule has 0 heterocycles. The van der Waals surface area contributed by atoms with Gasteiger partial charge in [-0.15, -0.1) is 0 Å². The zero-order valence-electron chi connectivity index (χ0n) is 8.34. The largest absolute Gasteiger partial charge is 0.295 e. The predicted octanol–water partition coefficient (Wildman–Crippen LogP) is 2.88. The van der Waals surface area contributed by atoms with Gasteiger partial charge in [0, 0.05) is 6.42 Å². The fraction of sp³-hybridized carbons (Fsp3) is 0.583. The van der Waals surface area contributed by atoms with Crippen LogP contribution in [0.4, 0.5) is 0 Å². The van der Waals surface area contributed by atoms with E-state index >= 15 is 0 Å². The van der Waals surface area contributed by atoms with Crippen LogP contribution in [0.2, 0.25) is 0 Å². The Bertz CT molecular complexity index is 294. The maximum Gasteiger partial charge on any atom is 0.159 e. The standard InChI is InChI=1S/C12H16O/c1-12(2)8-7-11(13)9-5-3-4-6-10(9)12/h3-5,10H,6-8H2,1-2H3. The van der Waals surface area contributed by atoms with E-state index in [9.17, 15) is 4.79 Å². The van der Waals surface area contributed by atoms with Crippen molar-refractivity contribution in [2.45, 2.75) is 33.1 Å². The fourth-order valence-electron chi connectivity index (χ4n) is 2.41. The van der Waals surface area contributed by atoms with Gasteiger partial charge in [-0.2, -0.15) is 0 Å². The first kappa shape index (κ1) is 8.74. The van der Waals surface area contributed by atoms with E-state index in [0.717, 1.165) is 24.8 Å². The molecule has 2 aliphatic rings. The highest BCUT2D eigenvalue weighted by molar-refractivity contribution is 5.97. The van der Waals surface area contributed by atoms with Crippen molar-refractivity contribution in [2.24, 2.45) is 11.3 Å². The molecule has 1 heteroatoms. The third-order valence-electron chi connectivity index (χ3n) is 3.42. The first-order valence-corrected chi connectivity index (χ1v) is 5.01. The second-order valence-corrected chi connectivity index (χ2v) is 4.75. The lowest BCUT2D eigenvalue weighted by Crippen LogP contribution is -2.34. The van der Waals surface area contributed by atoms with Gasteiger partial charge in [0.2, 0.25) is 0 Å². The third-order valence-corrected chi connectivity index (χ3v) is 3.42. The van der Waals surface area contributed by atoms with Crippen LogP contribution in [0.15, 0.2) is 23.8 Å². The van der Waals surface area contributed by atoms with Gasteiger partial charge in [-0.3, -0.25) is 4.79 Å². The molecule has 2 rings (SSSR count). The Kier molecular flexibility index (Phi) is 1.90. The Balaban J connectivity index is 2.36. The quantitative estimate of drug-likeness (QED) is 0.554. The van der Waals surface area contributed by atoms with Crippen LogP contribution in [-0.4, -0.2) is 5.78 Å². The average molecular weight is 176 g/mol. The molecule has 1 atom stereocenters. The Hall–Kier alpha value is -0.850. The number of rotatable bonds is 0. The zero-order valence-corrected chi connectivity index (χ0v) is 8.34. The molecule has 0 N–H and O–H groups in total. The molecule has 1 saturated carbocycles. The summed E-state index contributed by atoms with van der Waals surface area (Å²) in [6, 6.07) is 0. The van der Waals surface area contributed by atoms with Crippen molar-refractivity contribution in [1.29, 1.82) is 0 Å². The summed E-state index contributed by atoms with van der Waals surface area (Å²) >= 11 is 0. The van der Waals surface area contributed by atoms with Gasteiger partial charge >= 0.3 is 0 Å². The number of fused-ring (bicyclic) bond motifs is 1. The predicted molar refractivity (Wildman–Crippen MR) is 53.4 cm³/mol. The van der Waals surface area contributed by atoms with E-state index in [0.29, 0.717) is 17.1 Å². The van der Waals surface area contributed by atoms with Crippen molar-refractivity contribution >= 4 is 5.78 Å². The zero-order chi connectivity index (χ0) is 9.47. The van der Waals surface area contributed by atoms with Crippen LogP contribution in [0.1, 0.15) is 33.1 Å². The Morgan fingerprint density at radius 1 is 1.46 bits per heavy atom.